The third-order valence-corrected chi connectivity index (χ3v) is 5.96. The van der Waals surface area contributed by atoms with Gasteiger partial charge in [0, 0.05) is 38.4 Å². The Balaban J connectivity index is 1.44. The summed E-state index contributed by atoms with van der Waals surface area (Å²) >= 11 is 0. The van der Waals surface area contributed by atoms with E-state index in [0.717, 1.165) is 17.7 Å². The molecule has 2 heterocycles. The van der Waals surface area contributed by atoms with Crippen LogP contribution in [0.5, 0.6) is 0 Å². The largest absolute Gasteiger partial charge is 0.366 e. The molecule has 0 aliphatic carbocycles. The minimum atomic E-state index is -1.14. The predicted octanol–water partition coefficient (Wildman–Crippen LogP) is 3.09. The Morgan fingerprint density at radius 1 is 0.828 bits per heavy atom. The number of hydrogen-bond donors (Lipinski definition) is 0. The first-order chi connectivity index (χ1) is 13.9. The van der Waals surface area contributed by atoms with Crippen molar-refractivity contribution in [2.45, 2.75) is 20.3 Å². The van der Waals surface area contributed by atoms with Crippen LogP contribution in [0.3, 0.4) is 0 Å². The Morgan fingerprint density at radius 2 is 1.45 bits per heavy atom. The van der Waals surface area contributed by atoms with Crippen LogP contribution in [0.25, 0.3) is 0 Å². The first kappa shape index (κ1) is 19.4. The Hall–Kier alpha value is -2.89. The number of fused-ring (bicyclic) bond motifs is 1. The maximum atomic E-state index is 14.0. The third kappa shape index (κ3) is 3.48. The summed E-state index contributed by atoms with van der Waals surface area (Å²) < 4.78 is 14.0. The highest BCUT2D eigenvalue weighted by Crippen LogP contribution is 2.33. The molecule has 6 heteroatoms. The Bertz CT molecular complexity index is 935. The fraction of sp³-hybridized carbons (Fsp3) is 0.391. The van der Waals surface area contributed by atoms with Gasteiger partial charge < -0.3 is 14.7 Å². The predicted molar refractivity (Wildman–Crippen MR) is 111 cm³/mol. The van der Waals surface area contributed by atoms with Gasteiger partial charge in [0.25, 0.3) is 0 Å². The summed E-state index contributed by atoms with van der Waals surface area (Å²) in [5, 5.41) is 0. The van der Waals surface area contributed by atoms with Crippen LogP contribution in [0.1, 0.15) is 19.4 Å². The lowest BCUT2D eigenvalue weighted by Gasteiger charge is -2.40. The van der Waals surface area contributed by atoms with Crippen LogP contribution in [0.15, 0.2) is 48.5 Å². The van der Waals surface area contributed by atoms with Crippen molar-refractivity contribution in [3.63, 3.8) is 0 Å². The summed E-state index contributed by atoms with van der Waals surface area (Å²) in [6.07, 6.45) is 0.813. The molecular formula is C23H26FN3O2. The van der Waals surface area contributed by atoms with Crippen molar-refractivity contribution in [2.75, 3.05) is 42.5 Å². The van der Waals surface area contributed by atoms with E-state index in [4.69, 9.17) is 0 Å². The average molecular weight is 395 g/mol. The monoisotopic (exact) mass is 395 g/mol. The van der Waals surface area contributed by atoms with Gasteiger partial charge >= 0.3 is 0 Å². The molecule has 0 radical (unpaired) electrons. The van der Waals surface area contributed by atoms with Gasteiger partial charge in [-0.15, -0.1) is 0 Å². The second-order valence-electron chi connectivity index (χ2n) is 8.19. The zero-order chi connectivity index (χ0) is 20.6. The van der Waals surface area contributed by atoms with Crippen molar-refractivity contribution in [1.82, 2.24) is 4.90 Å². The van der Waals surface area contributed by atoms with Crippen molar-refractivity contribution in [3.8, 4) is 0 Å². The van der Waals surface area contributed by atoms with Crippen molar-refractivity contribution in [3.05, 3.63) is 59.9 Å². The molecule has 0 saturated carbocycles. The van der Waals surface area contributed by atoms with Crippen LogP contribution < -0.4 is 9.80 Å². The van der Waals surface area contributed by atoms with Crippen molar-refractivity contribution in [1.29, 1.82) is 0 Å². The molecule has 1 fully saturated rings. The van der Waals surface area contributed by atoms with Gasteiger partial charge in [-0.25, -0.2) is 4.39 Å². The fourth-order valence-electron chi connectivity index (χ4n) is 4.23. The summed E-state index contributed by atoms with van der Waals surface area (Å²) in [4.78, 5) is 31.9. The van der Waals surface area contributed by atoms with Gasteiger partial charge in [0.1, 0.15) is 11.2 Å². The lowest BCUT2D eigenvalue weighted by molar-refractivity contribution is -0.147. The molecular weight excluding hydrogens is 369 g/mol. The van der Waals surface area contributed by atoms with Crippen LogP contribution >= 0.6 is 0 Å². The van der Waals surface area contributed by atoms with Gasteiger partial charge in [0.15, 0.2) is 0 Å². The molecule has 0 atom stereocenters. The number of rotatable bonds is 3. The number of amides is 2. The summed E-state index contributed by atoms with van der Waals surface area (Å²) in [5.74, 6) is -0.584. The standard InChI is InChI=1S/C23H26FN3O2/c1-23(2,22(29)27-12-11-17-7-3-5-9-19(17)27)21(28)26-15-13-25(14-16-26)20-10-6-4-8-18(20)24/h3-10H,11-16H2,1-2H3. The number of hydrogen-bond acceptors (Lipinski definition) is 3. The normalized spacial score (nSPS) is 16.7. The first-order valence-electron chi connectivity index (χ1n) is 10.1. The van der Waals surface area contributed by atoms with Crippen LogP contribution in [0.4, 0.5) is 15.8 Å². The van der Waals surface area contributed by atoms with E-state index < -0.39 is 5.41 Å². The van der Waals surface area contributed by atoms with Gasteiger partial charge in [0.2, 0.25) is 11.8 Å². The smallest absolute Gasteiger partial charge is 0.242 e. The molecule has 0 spiro atoms. The quantitative estimate of drug-likeness (QED) is 0.751. The van der Waals surface area contributed by atoms with E-state index in [1.807, 2.05) is 35.2 Å². The topological polar surface area (TPSA) is 43.9 Å². The Kier molecular flexibility index (Phi) is 5.03. The van der Waals surface area contributed by atoms with Crippen LogP contribution in [0.2, 0.25) is 0 Å². The molecule has 2 aromatic rings. The average Bonchev–Trinajstić information content (AvgIpc) is 3.17. The van der Waals surface area contributed by atoms with Crippen LogP contribution in [-0.4, -0.2) is 49.4 Å². The maximum absolute atomic E-state index is 14.0. The molecule has 0 unspecified atom stereocenters. The van der Waals surface area contributed by atoms with E-state index in [1.54, 1.807) is 35.8 Å². The van der Waals surface area contributed by atoms with E-state index >= 15 is 0 Å². The minimum absolute atomic E-state index is 0.163. The summed E-state index contributed by atoms with van der Waals surface area (Å²) in [7, 11) is 0. The highest BCUT2D eigenvalue weighted by Gasteiger charge is 2.44. The molecule has 0 bridgehead atoms. The summed E-state index contributed by atoms with van der Waals surface area (Å²) in [6.45, 7) is 6.06. The van der Waals surface area contributed by atoms with E-state index in [9.17, 15) is 14.0 Å². The second kappa shape index (κ2) is 7.50. The molecule has 0 aromatic heterocycles. The zero-order valence-electron chi connectivity index (χ0n) is 16.9. The van der Waals surface area contributed by atoms with E-state index in [-0.39, 0.29) is 17.6 Å². The summed E-state index contributed by atoms with van der Waals surface area (Å²) in [5.41, 5.74) is 1.46. The van der Waals surface area contributed by atoms with Gasteiger partial charge in [-0.1, -0.05) is 30.3 Å². The molecule has 152 valence electrons. The molecule has 2 aliphatic heterocycles. The van der Waals surface area contributed by atoms with Gasteiger partial charge in [0.05, 0.1) is 5.69 Å². The van der Waals surface area contributed by atoms with Crippen molar-refractivity contribution in [2.24, 2.45) is 5.41 Å². The first-order valence-corrected chi connectivity index (χ1v) is 10.1. The molecule has 1 saturated heterocycles. The number of carbonyl (C=O) groups is 2. The van der Waals surface area contributed by atoms with Crippen molar-refractivity contribution < 1.29 is 14.0 Å². The summed E-state index contributed by atoms with van der Waals surface area (Å²) in [6, 6.07) is 14.5. The number of anilines is 2. The highest BCUT2D eigenvalue weighted by molar-refractivity contribution is 6.11. The van der Waals surface area contributed by atoms with Gasteiger partial charge in [-0.3, -0.25) is 9.59 Å². The lowest BCUT2D eigenvalue weighted by Crippen LogP contribution is -2.56. The molecule has 4 rings (SSSR count). The van der Waals surface area contributed by atoms with Crippen LogP contribution in [0, 0.1) is 11.2 Å². The SMILES string of the molecule is CC(C)(C(=O)N1CCN(c2ccccc2F)CC1)C(=O)N1CCc2ccccc21. The molecule has 2 amide bonds. The van der Waals surface area contributed by atoms with E-state index in [1.165, 1.54) is 6.07 Å². The molecule has 29 heavy (non-hydrogen) atoms. The number of piperazine rings is 1. The maximum Gasteiger partial charge on any atom is 0.242 e. The number of carbonyl (C=O) groups excluding carboxylic acids is 2. The van der Waals surface area contributed by atoms with Crippen molar-refractivity contribution >= 4 is 23.2 Å². The lowest BCUT2D eigenvalue weighted by atomic mass is 9.89. The van der Waals surface area contributed by atoms with Gasteiger partial charge in [-0.2, -0.15) is 0 Å². The second-order valence-corrected chi connectivity index (χ2v) is 8.19. The van der Waals surface area contributed by atoms with Crippen LogP contribution in [-0.2, 0) is 16.0 Å². The molecule has 0 N–H and O–H groups in total. The Labute approximate surface area is 170 Å². The number of halogens is 1. The Morgan fingerprint density at radius 3 is 2.14 bits per heavy atom. The number of para-hydroxylation sites is 2. The van der Waals surface area contributed by atoms with E-state index in [0.29, 0.717) is 38.4 Å². The van der Waals surface area contributed by atoms with Gasteiger partial charge in [-0.05, 0) is 44.0 Å². The molecule has 5 nitrogen and oxygen atoms in total. The molecule has 2 aliphatic rings. The fourth-order valence-corrected chi connectivity index (χ4v) is 4.23. The number of nitrogens with zero attached hydrogens (tertiary/aromatic N) is 3. The van der Waals surface area contributed by atoms with E-state index in [2.05, 4.69) is 0 Å². The molecule has 2 aromatic carbocycles. The zero-order valence-corrected chi connectivity index (χ0v) is 16.9. The third-order valence-electron chi connectivity index (χ3n) is 5.96. The number of benzene rings is 2. The highest BCUT2D eigenvalue weighted by atomic mass is 19.1. The minimum Gasteiger partial charge on any atom is -0.366 e.